The predicted octanol–water partition coefficient (Wildman–Crippen LogP) is 0.617. The standard InChI is InChI=1S/C14H27N3OS/c15-3-4-16-5-7-17(8-6-16)13-1-9-18-14(11-13)2-10-19-12-14/h13H,1-12,15H2. The minimum Gasteiger partial charge on any atom is -0.374 e. The third-order valence-electron chi connectivity index (χ3n) is 4.90. The van der Waals surface area contributed by atoms with E-state index in [1.807, 2.05) is 0 Å². The molecule has 3 heterocycles. The smallest absolute Gasteiger partial charge is 0.0795 e. The molecule has 0 bridgehead atoms. The van der Waals surface area contributed by atoms with Crippen molar-refractivity contribution in [2.75, 3.05) is 57.4 Å². The van der Waals surface area contributed by atoms with Gasteiger partial charge in [0.25, 0.3) is 0 Å². The van der Waals surface area contributed by atoms with Crippen molar-refractivity contribution in [1.29, 1.82) is 0 Å². The lowest BCUT2D eigenvalue weighted by molar-refractivity contribution is -0.0939. The summed E-state index contributed by atoms with van der Waals surface area (Å²) in [6.07, 6.45) is 3.75. The third-order valence-corrected chi connectivity index (χ3v) is 6.13. The van der Waals surface area contributed by atoms with Crippen molar-refractivity contribution < 1.29 is 4.74 Å². The number of nitrogens with two attached hydrogens (primary N) is 1. The van der Waals surface area contributed by atoms with E-state index in [-0.39, 0.29) is 5.60 Å². The first-order valence-corrected chi connectivity index (χ1v) is 8.85. The maximum atomic E-state index is 6.13. The summed E-state index contributed by atoms with van der Waals surface area (Å²) in [4.78, 5) is 5.21. The van der Waals surface area contributed by atoms with E-state index in [1.54, 1.807) is 0 Å². The van der Waals surface area contributed by atoms with Gasteiger partial charge in [-0.25, -0.2) is 0 Å². The number of hydrogen-bond donors (Lipinski definition) is 1. The van der Waals surface area contributed by atoms with Crippen LogP contribution in [0.25, 0.3) is 0 Å². The fourth-order valence-electron chi connectivity index (χ4n) is 3.71. The molecule has 0 saturated carbocycles. The molecule has 0 aromatic heterocycles. The van der Waals surface area contributed by atoms with Crippen LogP contribution in [0.15, 0.2) is 0 Å². The van der Waals surface area contributed by atoms with Crippen LogP contribution in [0.5, 0.6) is 0 Å². The zero-order chi connectivity index (χ0) is 13.1. The Morgan fingerprint density at radius 3 is 2.79 bits per heavy atom. The van der Waals surface area contributed by atoms with Gasteiger partial charge in [0.2, 0.25) is 0 Å². The maximum absolute atomic E-state index is 6.13. The van der Waals surface area contributed by atoms with E-state index in [4.69, 9.17) is 10.5 Å². The second-order valence-electron chi connectivity index (χ2n) is 6.15. The van der Waals surface area contributed by atoms with Crippen LogP contribution in [0.2, 0.25) is 0 Å². The van der Waals surface area contributed by atoms with Crippen LogP contribution in [0.4, 0.5) is 0 Å². The molecule has 1 spiro atoms. The molecule has 3 aliphatic heterocycles. The summed E-state index contributed by atoms with van der Waals surface area (Å²) in [5, 5.41) is 0. The van der Waals surface area contributed by atoms with Gasteiger partial charge in [0.1, 0.15) is 0 Å². The van der Waals surface area contributed by atoms with E-state index in [9.17, 15) is 0 Å². The molecule has 0 radical (unpaired) electrons. The highest BCUT2D eigenvalue weighted by Gasteiger charge is 2.42. The zero-order valence-corrected chi connectivity index (χ0v) is 12.7. The van der Waals surface area contributed by atoms with Crippen LogP contribution >= 0.6 is 11.8 Å². The number of rotatable bonds is 3. The summed E-state index contributed by atoms with van der Waals surface area (Å²) in [6, 6.07) is 0.757. The molecule has 5 heteroatoms. The first-order chi connectivity index (χ1) is 9.31. The van der Waals surface area contributed by atoms with Gasteiger partial charge in [-0.2, -0.15) is 11.8 Å². The quantitative estimate of drug-likeness (QED) is 0.823. The molecule has 0 amide bonds. The highest BCUT2D eigenvalue weighted by atomic mass is 32.2. The molecule has 4 nitrogen and oxygen atoms in total. The summed E-state index contributed by atoms with van der Waals surface area (Å²) < 4.78 is 6.13. The molecular formula is C14H27N3OS. The largest absolute Gasteiger partial charge is 0.374 e. The molecular weight excluding hydrogens is 258 g/mol. The summed E-state index contributed by atoms with van der Waals surface area (Å²) in [5.74, 6) is 2.51. The number of hydrogen-bond acceptors (Lipinski definition) is 5. The van der Waals surface area contributed by atoms with Crippen LogP contribution in [-0.2, 0) is 4.74 Å². The van der Waals surface area contributed by atoms with Crippen LogP contribution in [-0.4, -0.2) is 78.8 Å². The fourth-order valence-corrected chi connectivity index (χ4v) is 5.09. The Balaban J connectivity index is 1.52. The van der Waals surface area contributed by atoms with E-state index in [1.165, 1.54) is 56.9 Å². The number of thioether (sulfide) groups is 1. The SMILES string of the molecule is NCCN1CCN(C2CCOC3(CCSC3)C2)CC1. The van der Waals surface area contributed by atoms with Gasteiger partial charge in [-0.3, -0.25) is 9.80 Å². The molecule has 3 fully saturated rings. The first kappa shape index (κ1) is 14.1. The Morgan fingerprint density at radius 1 is 1.26 bits per heavy atom. The van der Waals surface area contributed by atoms with Crippen molar-refractivity contribution in [3.8, 4) is 0 Å². The Hall–Kier alpha value is 0.190. The summed E-state index contributed by atoms with van der Waals surface area (Å²) in [5.41, 5.74) is 5.87. The topological polar surface area (TPSA) is 41.7 Å². The van der Waals surface area contributed by atoms with Gasteiger partial charge >= 0.3 is 0 Å². The van der Waals surface area contributed by atoms with Gasteiger partial charge in [0.15, 0.2) is 0 Å². The van der Waals surface area contributed by atoms with Gasteiger partial charge in [0.05, 0.1) is 5.60 Å². The first-order valence-electron chi connectivity index (χ1n) is 7.69. The molecule has 3 aliphatic rings. The van der Waals surface area contributed by atoms with Crippen molar-refractivity contribution in [3.63, 3.8) is 0 Å². The molecule has 3 saturated heterocycles. The lowest BCUT2D eigenvalue weighted by atomic mass is 9.88. The van der Waals surface area contributed by atoms with E-state index < -0.39 is 0 Å². The van der Waals surface area contributed by atoms with Crippen molar-refractivity contribution in [1.82, 2.24) is 9.80 Å². The van der Waals surface area contributed by atoms with Crippen molar-refractivity contribution in [2.45, 2.75) is 30.9 Å². The van der Waals surface area contributed by atoms with Crippen molar-refractivity contribution >= 4 is 11.8 Å². The molecule has 2 N–H and O–H groups in total. The Morgan fingerprint density at radius 2 is 2.11 bits per heavy atom. The highest BCUT2D eigenvalue weighted by Crippen LogP contribution is 2.39. The normalized spacial score (nSPS) is 38.1. The molecule has 110 valence electrons. The molecule has 0 aliphatic carbocycles. The van der Waals surface area contributed by atoms with Crippen molar-refractivity contribution in [2.24, 2.45) is 5.73 Å². The fraction of sp³-hybridized carbons (Fsp3) is 1.00. The number of ether oxygens (including phenoxy) is 1. The molecule has 0 aromatic carbocycles. The summed E-state index contributed by atoms with van der Waals surface area (Å²) >= 11 is 2.07. The third kappa shape index (κ3) is 3.27. The molecule has 2 atom stereocenters. The molecule has 19 heavy (non-hydrogen) atoms. The van der Waals surface area contributed by atoms with E-state index >= 15 is 0 Å². The number of piperazine rings is 1. The Labute approximate surface area is 121 Å². The van der Waals surface area contributed by atoms with Gasteiger partial charge in [-0.1, -0.05) is 0 Å². The lowest BCUT2D eigenvalue weighted by Crippen LogP contribution is -2.55. The Bertz CT molecular complexity index is 288. The van der Waals surface area contributed by atoms with Gasteiger partial charge in [-0.15, -0.1) is 0 Å². The van der Waals surface area contributed by atoms with E-state index in [0.717, 1.165) is 25.7 Å². The zero-order valence-electron chi connectivity index (χ0n) is 11.9. The van der Waals surface area contributed by atoms with Crippen LogP contribution in [0.3, 0.4) is 0 Å². The van der Waals surface area contributed by atoms with Crippen LogP contribution in [0, 0.1) is 0 Å². The highest BCUT2D eigenvalue weighted by molar-refractivity contribution is 7.99. The number of nitrogens with zero attached hydrogens (tertiary/aromatic N) is 2. The molecule has 3 rings (SSSR count). The maximum Gasteiger partial charge on any atom is 0.0795 e. The molecule has 2 unspecified atom stereocenters. The minimum atomic E-state index is 0.224. The second-order valence-corrected chi connectivity index (χ2v) is 7.25. The van der Waals surface area contributed by atoms with Gasteiger partial charge in [0, 0.05) is 57.7 Å². The Kier molecular flexibility index (Phi) is 4.70. The summed E-state index contributed by atoms with van der Waals surface area (Å²) in [6.45, 7) is 7.63. The monoisotopic (exact) mass is 285 g/mol. The van der Waals surface area contributed by atoms with Crippen LogP contribution in [0.1, 0.15) is 19.3 Å². The summed E-state index contributed by atoms with van der Waals surface area (Å²) in [7, 11) is 0. The predicted molar refractivity (Wildman–Crippen MR) is 80.7 cm³/mol. The van der Waals surface area contributed by atoms with Crippen LogP contribution < -0.4 is 5.73 Å². The van der Waals surface area contributed by atoms with E-state index in [0.29, 0.717) is 0 Å². The molecule has 0 aromatic rings. The van der Waals surface area contributed by atoms with Crippen molar-refractivity contribution in [3.05, 3.63) is 0 Å². The minimum absolute atomic E-state index is 0.224. The average molecular weight is 285 g/mol. The second kappa shape index (κ2) is 6.31. The van der Waals surface area contributed by atoms with Gasteiger partial charge in [-0.05, 0) is 25.0 Å². The lowest BCUT2D eigenvalue weighted by Gasteiger charge is -2.45. The van der Waals surface area contributed by atoms with E-state index in [2.05, 4.69) is 21.6 Å². The van der Waals surface area contributed by atoms with Gasteiger partial charge < -0.3 is 10.5 Å². The average Bonchev–Trinajstić information content (AvgIpc) is 2.88.